The lowest BCUT2D eigenvalue weighted by molar-refractivity contribution is 0.376. The summed E-state index contributed by atoms with van der Waals surface area (Å²) >= 11 is 8.38. The van der Waals surface area contributed by atoms with Crippen LogP contribution in [0.2, 0.25) is 5.02 Å². The first-order valence-electron chi connectivity index (χ1n) is 7.12. The molecule has 2 atom stereocenters. The predicted molar refractivity (Wildman–Crippen MR) is 84.0 cm³/mol. The van der Waals surface area contributed by atoms with E-state index in [0.29, 0.717) is 6.04 Å². The Hall–Kier alpha value is -0.190. The Morgan fingerprint density at radius 3 is 2.89 bits per heavy atom. The maximum Gasteiger partial charge on any atom is 0.0863 e. The lowest BCUT2D eigenvalue weighted by Crippen LogP contribution is -2.35. The second-order valence-electron chi connectivity index (χ2n) is 5.29. The minimum absolute atomic E-state index is 0.627. The molecular formula is C14H24ClN3S. The Balaban J connectivity index is 1.93. The molecule has 0 saturated heterocycles. The molecular weight excluding hydrogens is 278 g/mol. The predicted octanol–water partition coefficient (Wildman–Crippen LogP) is 3.40. The summed E-state index contributed by atoms with van der Waals surface area (Å²) in [6.45, 7) is 2.92. The Morgan fingerprint density at radius 2 is 2.26 bits per heavy atom. The normalized spacial score (nSPS) is 23.8. The van der Waals surface area contributed by atoms with E-state index in [1.807, 2.05) is 23.5 Å². The van der Waals surface area contributed by atoms with E-state index < -0.39 is 0 Å². The van der Waals surface area contributed by atoms with Crippen molar-refractivity contribution in [2.45, 2.75) is 56.9 Å². The van der Waals surface area contributed by atoms with E-state index in [1.165, 1.54) is 25.7 Å². The number of nitrogens with zero attached hydrogens (tertiary/aromatic N) is 2. The van der Waals surface area contributed by atoms with Crippen LogP contribution in [0.1, 0.15) is 44.0 Å². The maximum atomic E-state index is 6.38. The minimum Gasteiger partial charge on any atom is -0.308 e. The topological polar surface area (TPSA) is 29.9 Å². The molecule has 0 aliphatic heterocycles. The van der Waals surface area contributed by atoms with Gasteiger partial charge in [-0.25, -0.2) is 0 Å². The van der Waals surface area contributed by atoms with Gasteiger partial charge in [0.1, 0.15) is 0 Å². The van der Waals surface area contributed by atoms with Crippen molar-refractivity contribution in [2.24, 2.45) is 7.05 Å². The summed E-state index contributed by atoms with van der Waals surface area (Å²) in [7, 11) is 1.98. The highest BCUT2D eigenvalue weighted by Crippen LogP contribution is 2.27. The van der Waals surface area contributed by atoms with Crippen LogP contribution in [0.15, 0.2) is 0 Å². The molecule has 1 aromatic rings. The molecule has 1 fully saturated rings. The van der Waals surface area contributed by atoms with Crippen molar-refractivity contribution in [3.63, 3.8) is 0 Å². The van der Waals surface area contributed by atoms with Crippen molar-refractivity contribution in [1.29, 1.82) is 0 Å². The van der Waals surface area contributed by atoms with Gasteiger partial charge in [-0.05, 0) is 31.9 Å². The van der Waals surface area contributed by atoms with Crippen LogP contribution in [-0.2, 0) is 20.0 Å². The third-order valence-electron chi connectivity index (χ3n) is 4.02. The van der Waals surface area contributed by atoms with Crippen molar-refractivity contribution in [3.05, 3.63) is 16.4 Å². The van der Waals surface area contributed by atoms with Crippen molar-refractivity contribution >= 4 is 23.4 Å². The van der Waals surface area contributed by atoms with E-state index in [9.17, 15) is 0 Å². The van der Waals surface area contributed by atoms with Gasteiger partial charge >= 0.3 is 0 Å². The molecule has 0 amide bonds. The van der Waals surface area contributed by atoms with E-state index in [-0.39, 0.29) is 0 Å². The van der Waals surface area contributed by atoms with E-state index in [2.05, 4.69) is 23.6 Å². The average Bonchev–Trinajstić information content (AvgIpc) is 2.71. The molecule has 0 bridgehead atoms. The third-order valence-corrected chi connectivity index (χ3v) is 5.55. The number of rotatable bonds is 5. The Morgan fingerprint density at radius 1 is 1.47 bits per heavy atom. The third kappa shape index (κ3) is 3.67. The lowest BCUT2D eigenvalue weighted by Gasteiger charge is -2.28. The molecule has 2 unspecified atom stereocenters. The molecule has 1 aromatic heterocycles. The van der Waals surface area contributed by atoms with E-state index in [4.69, 9.17) is 11.6 Å². The minimum atomic E-state index is 0.627. The molecule has 1 saturated carbocycles. The van der Waals surface area contributed by atoms with Gasteiger partial charge < -0.3 is 5.32 Å². The van der Waals surface area contributed by atoms with Crippen molar-refractivity contribution < 1.29 is 0 Å². The van der Waals surface area contributed by atoms with Gasteiger partial charge in [-0.15, -0.1) is 0 Å². The largest absolute Gasteiger partial charge is 0.308 e. The summed E-state index contributed by atoms with van der Waals surface area (Å²) in [5.41, 5.74) is 2.12. The number of aromatic nitrogens is 2. The van der Waals surface area contributed by atoms with Gasteiger partial charge in [0.25, 0.3) is 0 Å². The molecule has 1 heterocycles. The Kier molecular flexibility index (Phi) is 5.60. The molecule has 3 nitrogen and oxygen atoms in total. The first-order valence-corrected chi connectivity index (χ1v) is 8.78. The second kappa shape index (κ2) is 7.00. The smallest absolute Gasteiger partial charge is 0.0863 e. The number of hydrogen-bond donors (Lipinski definition) is 1. The first kappa shape index (κ1) is 15.2. The van der Waals surface area contributed by atoms with Crippen LogP contribution in [0.3, 0.4) is 0 Å². The van der Waals surface area contributed by atoms with Crippen molar-refractivity contribution in [3.8, 4) is 0 Å². The van der Waals surface area contributed by atoms with Gasteiger partial charge in [0.05, 0.1) is 16.4 Å². The van der Waals surface area contributed by atoms with Gasteiger partial charge in [-0.1, -0.05) is 24.9 Å². The van der Waals surface area contributed by atoms with Crippen LogP contribution in [0.5, 0.6) is 0 Å². The molecule has 1 N–H and O–H groups in total. The highest BCUT2D eigenvalue weighted by molar-refractivity contribution is 7.99. The van der Waals surface area contributed by atoms with Gasteiger partial charge in [0.15, 0.2) is 0 Å². The summed E-state index contributed by atoms with van der Waals surface area (Å²) in [5.74, 6) is 0. The highest BCUT2D eigenvalue weighted by atomic mass is 35.5. The number of aryl methyl sites for hydroxylation is 2. The van der Waals surface area contributed by atoms with Gasteiger partial charge in [-0.2, -0.15) is 16.9 Å². The average molecular weight is 302 g/mol. The molecule has 2 rings (SSSR count). The van der Waals surface area contributed by atoms with Crippen LogP contribution in [0.25, 0.3) is 0 Å². The van der Waals surface area contributed by atoms with Crippen LogP contribution >= 0.6 is 23.4 Å². The lowest BCUT2D eigenvalue weighted by atomic mass is 9.95. The molecule has 108 valence electrons. The molecule has 1 aliphatic rings. The summed E-state index contributed by atoms with van der Waals surface area (Å²) in [5, 5.41) is 9.79. The van der Waals surface area contributed by atoms with Crippen LogP contribution < -0.4 is 5.32 Å². The van der Waals surface area contributed by atoms with Gasteiger partial charge in [-0.3, -0.25) is 4.68 Å². The van der Waals surface area contributed by atoms with E-state index in [0.717, 1.165) is 34.6 Å². The maximum absolute atomic E-state index is 6.38. The van der Waals surface area contributed by atoms with Gasteiger partial charge in [0, 0.05) is 24.9 Å². The first-order chi connectivity index (χ1) is 9.15. The molecule has 0 radical (unpaired) electrons. The van der Waals surface area contributed by atoms with Crippen molar-refractivity contribution in [2.75, 3.05) is 6.26 Å². The number of hydrogen-bond acceptors (Lipinski definition) is 3. The summed E-state index contributed by atoms with van der Waals surface area (Å²) < 4.78 is 1.92. The summed E-state index contributed by atoms with van der Waals surface area (Å²) in [4.78, 5) is 0. The fraction of sp³-hybridized carbons (Fsp3) is 0.786. The molecule has 0 aromatic carbocycles. The van der Waals surface area contributed by atoms with Crippen LogP contribution in [0.4, 0.5) is 0 Å². The zero-order valence-corrected chi connectivity index (χ0v) is 13.7. The molecule has 5 heteroatoms. The fourth-order valence-corrected chi connectivity index (χ4v) is 3.98. The monoisotopic (exact) mass is 301 g/mol. The standard InChI is InChI=1S/C14H24ClN3S/c1-4-12-14(15)13(18(2)17-12)9-16-10-6-5-7-11(8-10)19-3/h10-11,16H,4-9H2,1-3H3. The number of halogens is 1. The van der Waals surface area contributed by atoms with E-state index in [1.54, 1.807) is 0 Å². The van der Waals surface area contributed by atoms with Crippen molar-refractivity contribution in [1.82, 2.24) is 15.1 Å². The Bertz CT molecular complexity index is 419. The fourth-order valence-electron chi connectivity index (χ4n) is 2.80. The molecule has 19 heavy (non-hydrogen) atoms. The van der Waals surface area contributed by atoms with Crippen LogP contribution in [-0.4, -0.2) is 27.3 Å². The number of thioether (sulfide) groups is 1. The second-order valence-corrected chi connectivity index (χ2v) is 6.80. The molecule has 1 aliphatic carbocycles. The summed E-state index contributed by atoms with van der Waals surface area (Å²) in [6, 6.07) is 0.627. The summed E-state index contributed by atoms with van der Waals surface area (Å²) in [6.07, 6.45) is 8.38. The SMILES string of the molecule is CCc1nn(C)c(CNC2CCCC(SC)C2)c1Cl. The van der Waals surface area contributed by atoms with E-state index >= 15 is 0 Å². The Labute approximate surface area is 125 Å². The van der Waals surface area contributed by atoms with Crippen LogP contribution in [0, 0.1) is 0 Å². The quantitative estimate of drug-likeness (QED) is 0.904. The number of nitrogens with one attached hydrogen (secondary N) is 1. The molecule has 0 spiro atoms. The zero-order valence-electron chi connectivity index (χ0n) is 12.1. The zero-order chi connectivity index (χ0) is 13.8. The van der Waals surface area contributed by atoms with Gasteiger partial charge in [0.2, 0.25) is 0 Å². The highest BCUT2D eigenvalue weighted by Gasteiger charge is 2.21.